The van der Waals surface area contributed by atoms with E-state index >= 15 is 0 Å². The van der Waals surface area contributed by atoms with Crippen molar-refractivity contribution >= 4 is 10.0 Å². The Morgan fingerprint density at radius 3 is 2.91 bits per heavy atom. The van der Waals surface area contributed by atoms with Gasteiger partial charge in [0.2, 0.25) is 10.0 Å². The maximum absolute atomic E-state index is 11.2. The van der Waals surface area contributed by atoms with Gasteiger partial charge in [0.25, 0.3) is 0 Å². The lowest BCUT2D eigenvalue weighted by Gasteiger charge is -2.40. The highest BCUT2D eigenvalue weighted by Gasteiger charge is 2.30. The van der Waals surface area contributed by atoms with Crippen molar-refractivity contribution in [1.29, 1.82) is 0 Å². The van der Waals surface area contributed by atoms with Crippen LogP contribution in [-0.4, -0.2) is 61.5 Å². The van der Waals surface area contributed by atoms with E-state index < -0.39 is 10.0 Å². The Balaban J connectivity index is 1.66. The summed E-state index contributed by atoms with van der Waals surface area (Å²) in [5, 5.41) is 0. The van der Waals surface area contributed by atoms with Crippen molar-refractivity contribution < 1.29 is 13.2 Å². The minimum absolute atomic E-state index is 0.267. The Labute approximate surface area is 131 Å². The van der Waals surface area contributed by atoms with Gasteiger partial charge in [-0.2, -0.15) is 0 Å². The van der Waals surface area contributed by atoms with Crippen molar-refractivity contribution in [2.45, 2.75) is 37.9 Å². The van der Waals surface area contributed by atoms with Gasteiger partial charge in [-0.15, -0.1) is 0 Å². The number of rotatable bonds is 5. The average Bonchev–Trinajstić information content (AvgIpc) is 2.95. The summed E-state index contributed by atoms with van der Waals surface area (Å²) in [7, 11) is -3.13. The normalized spacial score (nSPS) is 24.3. The zero-order valence-electron chi connectivity index (χ0n) is 12.9. The molecule has 22 heavy (non-hydrogen) atoms. The third kappa shape index (κ3) is 3.87. The molecule has 124 valence electrons. The maximum Gasteiger partial charge on any atom is 0.208 e. The summed E-state index contributed by atoms with van der Waals surface area (Å²) < 4.78 is 32.7. The lowest BCUT2D eigenvalue weighted by atomic mass is 10.0. The highest BCUT2D eigenvalue weighted by Crippen LogP contribution is 2.27. The molecule has 7 nitrogen and oxygen atoms in total. The molecule has 3 rings (SSSR count). The molecule has 2 aliphatic heterocycles. The van der Waals surface area contributed by atoms with Crippen LogP contribution in [0.4, 0.5) is 0 Å². The fourth-order valence-electron chi connectivity index (χ4n) is 3.38. The lowest BCUT2D eigenvalue weighted by molar-refractivity contribution is 0.0175. The van der Waals surface area contributed by atoms with Gasteiger partial charge in [0, 0.05) is 51.1 Å². The molecule has 1 saturated heterocycles. The molecule has 1 N–H and O–H groups in total. The largest absolute Gasteiger partial charge is 0.381 e. The van der Waals surface area contributed by atoms with Gasteiger partial charge in [0.1, 0.15) is 0 Å². The predicted octanol–water partition coefficient (Wildman–Crippen LogP) is 0.358. The smallest absolute Gasteiger partial charge is 0.208 e. The number of imidazole rings is 1. The van der Waals surface area contributed by atoms with Crippen LogP contribution in [0, 0.1) is 0 Å². The zero-order valence-corrected chi connectivity index (χ0v) is 13.8. The van der Waals surface area contributed by atoms with Crippen LogP contribution >= 0.6 is 0 Å². The topological polar surface area (TPSA) is 76.5 Å². The van der Waals surface area contributed by atoms with Crippen molar-refractivity contribution in [2.24, 2.45) is 0 Å². The summed E-state index contributed by atoms with van der Waals surface area (Å²) in [5.41, 5.74) is 1.21. The Kier molecular flexibility index (Phi) is 4.82. The van der Waals surface area contributed by atoms with Crippen LogP contribution in [0.25, 0.3) is 0 Å². The first-order chi connectivity index (χ1) is 10.5. The van der Waals surface area contributed by atoms with E-state index in [1.807, 2.05) is 12.5 Å². The SMILES string of the molecule is CS(=O)(=O)NCC[C@H]1CN(C2CCOCC2)Cc2cncn21. The molecule has 0 aromatic carbocycles. The van der Waals surface area contributed by atoms with E-state index in [1.165, 1.54) is 11.9 Å². The van der Waals surface area contributed by atoms with Crippen LogP contribution in [0.3, 0.4) is 0 Å². The first-order valence-electron chi connectivity index (χ1n) is 7.80. The average molecular weight is 328 g/mol. The fourth-order valence-corrected chi connectivity index (χ4v) is 3.87. The molecular weight excluding hydrogens is 304 g/mol. The molecule has 0 unspecified atom stereocenters. The molecule has 1 fully saturated rings. The monoisotopic (exact) mass is 328 g/mol. The molecule has 0 radical (unpaired) electrons. The van der Waals surface area contributed by atoms with Gasteiger partial charge in [0.15, 0.2) is 0 Å². The number of hydrogen-bond acceptors (Lipinski definition) is 5. The van der Waals surface area contributed by atoms with E-state index in [4.69, 9.17) is 4.74 Å². The van der Waals surface area contributed by atoms with E-state index in [0.29, 0.717) is 12.6 Å². The summed E-state index contributed by atoms with van der Waals surface area (Å²) >= 11 is 0. The number of nitrogens with one attached hydrogen (secondary N) is 1. The second-order valence-electron chi connectivity index (χ2n) is 6.17. The van der Waals surface area contributed by atoms with Crippen molar-refractivity contribution in [3.05, 3.63) is 18.2 Å². The number of sulfonamides is 1. The number of ether oxygens (including phenoxy) is 1. The minimum Gasteiger partial charge on any atom is -0.381 e. The number of hydrogen-bond donors (Lipinski definition) is 1. The molecule has 1 aromatic rings. The Morgan fingerprint density at radius 1 is 1.41 bits per heavy atom. The Bertz CT molecular complexity index is 595. The second-order valence-corrected chi connectivity index (χ2v) is 8.01. The fraction of sp³-hybridized carbons (Fsp3) is 0.786. The van der Waals surface area contributed by atoms with Crippen molar-refractivity contribution in [3.8, 4) is 0 Å². The van der Waals surface area contributed by atoms with Gasteiger partial charge < -0.3 is 9.30 Å². The van der Waals surface area contributed by atoms with Crippen molar-refractivity contribution in [2.75, 3.05) is 32.6 Å². The highest BCUT2D eigenvalue weighted by molar-refractivity contribution is 7.88. The second kappa shape index (κ2) is 6.66. The van der Waals surface area contributed by atoms with Crippen LogP contribution in [0.15, 0.2) is 12.5 Å². The zero-order chi connectivity index (χ0) is 15.6. The van der Waals surface area contributed by atoms with Crippen molar-refractivity contribution in [3.63, 3.8) is 0 Å². The standard InChI is InChI=1S/C14H24N4O3S/c1-22(19,20)16-5-2-13-9-17(12-3-6-21-7-4-12)10-14-8-15-11-18(13)14/h8,11-13,16H,2-7,9-10H2,1H3/t13-/m0/s1. The van der Waals surface area contributed by atoms with Gasteiger partial charge in [-0.05, 0) is 19.3 Å². The van der Waals surface area contributed by atoms with Crippen LogP contribution < -0.4 is 4.72 Å². The molecule has 2 aliphatic rings. The molecule has 8 heteroatoms. The summed E-state index contributed by atoms with van der Waals surface area (Å²) in [6.45, 7) is 3.99. The molecule has 0 bridgehead atoms. The molecule has 3 heterocycles. The third-order valence-electron chi connectivity index (χ3n) is 4.50. The van der Waals surface area contributed by atoms with Gasteiger partial charge in [-0.1, -0.05) is 0 Å². The molecule has 1 atom stereocenters. The summed E-state index contributed by atoms with van der Waals surface area (Å²) in [6.07, 6.45) is 7.90. The number of aromatic nitrogens is 2. The number of nitrogens with zero attached hydrogens (tertiary/aromatic N) is 3. The van der Waals surface area contributed by atoms with Crippen LogP contribution in [0.5, 0.6) is 0 Å². The van der Waals surface area contributed by atoms with E-state index in [1.54, 1.807) is 0 Å². The van der Waals surface area contributed by atoms with Gasteiger partial charge in [-0.25, -0.2) is 18.1 Å². The first kappa shape index (κ1) is 15.9. The van der Waals surface area contributed by atoms with Gasteiger partial charge in [0.05, 0.1) is 18.3 Å². The predicted molar refractivity (Wildman–Crippen MR) is 83.0 cm³/mol. The first-order valence-corrected chi connectivity index (χ1v) is 9.69. The van der Waals surface area contributed by atoms with Gasteiger partial charge in [-0.3, -0.25) is 4.90 Å². The summed E-state index contributed by atoms with van der Waals surface area (Å²) in [4.78, 5) is 6.77. The van der Waals surface area contributed by atoms with E-state index in [2.05, 4.69) is 19.2 Å². The maximum atomic E-state index is 11.2. The summed E-state index contributed by atoms with van der Waals surface area (Å²) in [6, 6.07) is 0.825. The lowest BCUT2D eigenvalue weighted by Crippen LogP contribution is -2.46. The van der Waals surface area contributed by atoms with E-state index in [0.717, 1.165) is 45.6 Å². The molecule has 1 aromatic heterocycles. The highest BCUT2D eigenvalue weighted by atomic mass is 32.2. The van der Waals surface area contributed by atoms with Crippen molar-refractivity contribution in [1.82, 2.24) is 19.2 Å². The van der Waals surface area contributed by atoms with Crippen LogP contribution in [-0.2, 0) is 21.3 Å². The van der Waals surface area contributed by atoms with Crippen LogP contribution in [0.2, 0.25) is 0 Å². The van der Waals surface area contributed by atoms with Crippen LogP contribution in [0.1, 0.15) is 31.0 Å². The summed E-state index contributed by atoms with van der Waals surface area (Å²) in [5.74, 6) is 0. The van der Waals surface area contributed by atoms with E-state index in [-0.39, 0.29) is 6.04 Å². The molecule has 0 amide bonds. The molecule has 0 spiro atoms. The molecular formula is C14H24N4O3S. The Morgan fingerprint density at radius 2 is 2.18 bits per heavy atom. The third-order valence-corrected chi connectivity index (χ3v) is 5.23. The Hall–Kier alpha value is -0.960. The minimum atomic E-state index is -3.13. The van der Waals surface area contributed by atoms with Gasteiger partial charge >= 0.3 is 0 Å². The quantitative estimate of drug-likeness (QED) is 0.844. The molecule has 0 aliphatic carbocycles. The molecule has 0 saturated carbocycles. The van der Waals surface area contributed by atoms with E-state index in [9.17, 15) is 8.42 Å². The number of fused-ring (bicyclic) bond motifs is 1.